The first-order chi connectivity index (χ1) is 10.6. The summed E-state index contributed by atoms with van der Waals surface area (Å²) in [4.78, 5) is 27.6. The third-order valence-electron chi connectivity index (χ3n) is 2.90. The van der Waals surface area contributed by atoms with Gasteiger partial charge in [0.2, 0.25) is 5.91 Å². The van der Waals surface area contributed by atoms with Gasteiger partial charge in [-0.05, 0) is 46.6 Å². The smallest absolute Gasteiger partial charge is 0.251 e. The van der Waals surface area contributed by atoms with Crippen LogP contribution in [0.2, 0.25) is 0 Å². The van der Waals surface area contributed by atoms with Crippen molar-refractivity contribution in [3.05, 3.63) is 58.7 Å². The predicted octanol–water partition coefficient (Wildman–Crippen LogP) is 2.99. The summed E-state index contributed by atoms with van der Waals surface area (Å²) < 4.78 is 0.856. The van der Waals surface area contributed by atoms with Gasteiger partial charge in [0.25, 0.3) is 5.91 Å². The third-order valence-corrected chi connectivity index (χ3v) is 3.37. The predicted molar refractivity (Wildman–Crippen MR) is 88.6 cm³/mol. The van der Waals surface area contributed by atoms with Gasteiger partial charge in [-0.2, -0.15) is 0 Å². The highest BCUT2D eigenvalue weighted by Crippen LogP contribution is 2.10. The largest absolute Gasteiger partial charge is 0.352 e. The fraction of sp³-hybridized carbons (Fsp3) is 0.188. The number of amides is 2. The standard InChI is InChI=1S/C16H16BrN3O2/c17-13-8-9-14(19-11-13)20-15(21)7-4-10-18-16(22)12-5-2-1-3-6-12/h1-3,5-6,8-9,11H,4,7,10H2,(H,18,22)(H,19,20,21). The maximum atomic E-state index is 11.8. The fourth-order valence-electron chi connectivity index (χ4n) is 1.80. The Balaban J connectivity index is 1.67. The summed E-state index contributed by atoms with van der Waals surface area (Å²) in [6.45, 7) is 0.453. The highest BCUT2D eigenvalue weighted by molar-refractivity contribution is 9.10. The molecule has 0 aliphatic carbocycles. The summed E-state index contributed by atoms with van der Waals surface area (Å²) in [6, 6.07) is 12.5. The Labute approximate surface area is 137 Å². The van der Waals surface area contributed by atoms with Crippen molar-refractivity contribution in [3.8, 4) is 0 Å². The number of anilines is 1. The fourth-order valence-corrected chi connectivity index (χ4v) is 2.03. The summed E-state index contributed by atoms with van der Waals surface area (Å²) in [5.41, 5.74) is 0.617. The van der Waals surface area contributed by atoms with Gasteiger partial charge < -0.3 is 10.6 Å². The van der Waals surface area contributed by atoms with E-state index in [0.29, 0.717) is 30.8 Å². The molecule has 5 nitrogen and oxygen atoms in total. The van der Waals surface area contributed by atoms with Crippen LogP contribution in [-0.2, 0) is 4.79 Å². The van der Waals surface area contributed by atoms with Gasteiger partial charge in [-0.3, -0.25) is 9.59 Å². The number of nitrogens with one attached hydrogen (secondary N) is 2. The number of carbonyl (C=O) groups excluding carboxylic acids is 2. The highest BCUT2D eigenvalue weighted by atomic mass is 79.9. The second-order valence-electron chi connectivity index (χ2n) is 4.64. The average molecular weight is 362 g/mol. The molecule has 0 aliphatic heterocycles. The van der Waals surface area contributed by atoms with Crippen LogP contribution in [0.5, 0.6) is 0 Å². The van der Waals surface area contributed by atoms with Crippen molar-refractivity contribution in [3.63, 3.8) is 0 Å². The molecule has 0 radical (unpaired) electrons. The number of carbonyl (C=O) groups is 2. The monoisotopic (exact) mass is 361 g/mol. The molecule has 0 fully saturated rings. The quantitative estimate of drug-likeness (QED) is 0.776. The van der Waals surface area contributed by atoms with Gasteiger partial charge in [-0.15, -0.1) is 0 Å². The molecule has 6 heteroatoms. The molecule has 2 aromatic rings. The van der Waals surface area contributed by atoms with Gasteiger partial charge in [-0.1, -0.05) is 18.2 Å². The molecule has 22 heavy (non-hydrogen) atoms. The number of benzene rings is 1. The first kappa shape index (κ1) is 16.2. The third kappa shape index (κ3) is 5.29. The number of hydrogen-bond acceptors (Lipinski definition) is 3. The summed E-state index contributed by atoms with van der Waals surface area (Å²) >= 11 is 3.28. The Hall–Kier alpha value is -2.21. The maximum absolute atomic E-state index is 11.8. The number of rotatable bonds is 6. The topological polar surface area (TPSA) is 71.1 Å². The SMILES string of the molecule is O=C(CCCNC(=O)c1ccccc1)Nc1ccc(Br)cn1. The zero-order chi connectivity index (χ0) is 15.8. The zero-order valence-corrected chi connectivity index (χ0v) is 13.5. The lowest BCUT2D eigenvalue weighted by molar-refractivity contribution is -0.116. The molecule has 2 amide bonds. The van der Waals surface area contributed by atoms with Gasteiger partial charge in [0, 0.05) is 29.2 Å². The van der Waals surface area contributed by atoms with Crippen LogP contribution in [-0.4, -0.2) is 23.3 Å². The Bertz CT molecular complexity index is 630. The van der Waals surface area contributed by atoms with E-state index in [1.807, 2.05) is 24.3 Å². The van der Waals surface area contributed by atoms with Crippen molar-refractivity contribution in [2.45, 2.75) is 12.8 Å². The molecule has 1 aromatic carbocycles. The molecule has 1 aromatic heterocycles. The molecule has 2 rings (SSSR count). The minimum atomic E-state index is -0.129. The van der Waals surface area contributed by atoms with Crippen LogP contribution in [0.1, 0.15) is 23.2 Å². The molecular formula is C16H16BrN3O2. The minimum absolute atomic E-state index is 0.121. The van der Waals surface area contributed by atoms with Crippen molar-refractivity contribution < 1.29 is 9.59 Å². The maximum Gasteiger partial charge on any atom is 0.251 e. The van der Waals surface area contributed by atoms with E-state index in [9.17, 15) is 9.59 Å². The van der Waals surface area contributed by atoms with Crippen LogP contribution in [0.25, 0.3) is 0 Å². The second-order valence-corrected chi connectivity index (χ2v) is 5.55. The van der Waals surface area contributed by atoms with Crippen molar-refractivity contribution in [1.82, 2.24) is 10.3 Å². The van der Waals surface area contributed by atoms with Crippen LogP contribution >= 0.6 is 15.9 Å². The van der Waals surface area contributed by atoms with Crippen LogP contribution < -0.4 is 10.6 Å². The second kappa shape index (κ2) is 8.29. The number of halogens is 1. The molecule has 0 unspecified atom stereocenters. The molecule has 2 N–H and O–H groups in total. The molecule has 0 atom stereocenters. The van der Waals surface area contributed by atoms with Crippen LogP contribution in [0.3, 0.4) is 0 Å². The summed E-state index contributed by atoms with van der Waals surface area (Å²) in [5, 5.41) is 5.49. The van der Waals surface area contributed by atoms with Crippen LogP contribution in [0, 0.1) is 0 Å². The number of pyridine rings is 1. The lowest BCUT2D eigenvalue weighted by Gasteiger charge is -2.06. The minimum Gasteiger partial charge on any atom is -0.352 e. The number of aromatic nitrogens is 1. The molecule has 0 bridgehead atoms. The van der Waals surface area contributed by atoms with Gasteiger partial charge in [0.05, 0.1) is 0 Å². The lowest BCUT2D eigenvalue weighted by Crippen LogP contribution is -2.25. The summed E-state index contributed by atoms with van der Waals surface area (Å²) in [5.74, 6) is 0.265. The van der Waals surface area contributed by atoms with E-state index in [1.54, 1.807) is 24.4 Å². The van der Waals surface area contributed by atoms with E-state index < -0.39 is 0 Å². The van der Waals surface area contributed by atoms with Gasteiger partial charge in [-0.25, -0.2) is 4.98 Å². The molecular weight excluding hydrogens is 346 g/mol. The molecule has 0 saturated heterocycles. The molecule has 0 spiro atoms. The van der Waals surface area contributed by atoms with E-state index in [-0.39, 0.29) is 11.8 Å². The average Bonchev–Trinajstić information content (AvgIpc) is 2.54. The Kier molecular flexibility index (Phi) is 6.09. The molecule has 0 aliphatic rings. The Morgan fingerprint density at radius 3 is 2.55 bits per heavy atom. The van der Waals surface area contributed by atoms with E-state index in [2.05, 4.69) is 31.5 Å². The normalized spacial score (nSPS) is 10.0. The van der Waals surface area contributed by atoms with E-state index in [1.165, 1.54) is 0 Å². The number of hydrogen-bond donors (Lipinski definition) is 2. The molecule has 1 heterocycles. The highest BCUT2D eigenvalue weighted by Gasteiger charge is 2.05. The zero-order valence-electron chi connectivity index (χ0n) is 11.9. The molecule has 0 saturated carbocycles. The Morgan fingerprint density at radius 1 is 1.09 bits per heavy atom. The van der Waals surface area contributed by atoms with Crippen molar-refractivity contribution in [2.75, 3.05) is 11.9 Å². The van der Waals surface area contributed by atoms with Crippen molar-refractivity contribution in [2.24, 2.45) is 0 Å². The van der Waals surface area contributed by atoms with Crippen LogP contribution in [0.4, 0.5) is 5.82 Å². The van der Waals surface area contributed by atoms with Gasteiger partial charge >= 0.3 is 0 Å². The Morgan fingerprint density at radius 2 is 1.86 bits per heavy atom. The first-order valence-corrected chi connectivity index (χ1v) is 7.69. The van der Waals surface area contributed by atoms with E-state index in [0.717, 1.165) is 4.47 Å². The van der Waals surface area contributed by atoms with Gasteiger partial charge in [0.15, 0.2) is 0 Å². The van der Waals surface area contributed by atoms with Crippen LogP contribution in [0.15, 0.2) is 53.1 Å². The van der Waals surface area contributed by atoms with E-state index in [4.69, 9.17) is 0 Å². The molecule has 114 valence electrons. The van der Waals surface area contributed by atoms with Crippen molar-refractivity contribution in [1.29, 1.82) is 0 Å². The van der Waals surface area contributed by atoms with E-state index >= 15 is 0 Å². The lowest BCUT2D eigenvalue weighted by atomic mass is 10.2. The van der Waals surface area contributed by atoms with Crippen molar-refractivity contribution >= 4 is 33.6 Å². The van der Waals surface area contributed by atoms with Gasteiger partial charge in [0.1, 0.15) is 5.82 Å². The first-order valence-electron chi connectivity index (χ1n) is 6.90. The summed E-state index contributed by atoms with van der Waals surface area (Å²) in [7, 11) is 0. The summed E-state index contributed by atoms with van der Waals surface area (Å²) in [6.07, 6.45) is 2.52. The number of nitrogens with zero attached hydrogens (tertiary/aromatic N) is 1.